The van der Waals surface area contributed by atoms with Crippen LogP contribution >= 0.6 is 0 Å². The van der Waals surface area contributed by atoms with Crippen molar-refractivity contribution in [1.29, 1.82) is 0 Å². The highest BCUT2D eigenvalue weighted by Crippen LogP contribution is 2.10. The molecule has 0 radical (unpaired) electrons. The number of rotatable bonds is 9. The molecule has 0 saturated heterocycles. The van der Waals surface area contributed by atoms with E-state index in [1.54, 1.807) is 0 Å². The van der Waals surface area contributed by atoms with E-state index in [0.717, 1.165) is 19.3 Å². The molecule has 0 aliphatic rings. The van der Waals surface area contributed by atoms with Gasteiger partial charge in [-0.05, 0) is 31.6 Å². The lowest BCUT2D eigenvalue weighted by atomic mass is 10.0. The van der Waals surface area contributed by atoms with Gasteiger partial charge in [-0.15, -0.1) is 6.58 Å². The molecule has 0 amide bonds. The van der Waals surface area contributed by atoms with E-state index in [1.165, 1.54) is 12.8 Å². The number of hydrogen-bond acceptors (Lipinski definition) is 2. The van der Waals surface area contributed by atoms with Crippen LogP contribution in [0.25, 0.3) is 0 Å². The van der Waals surface area contributed by atoms with Crippen molar-refractivity contribution in [3.63, 3.8) is 0 Å². The average Bonchev–Trinajstić information content (AvgIpc) is 2.22. The SMILES string of the molecule is C=CCCCCC(C)COC(=O)CCC. The van der Waals surface area contributed by atoms with E-state index in [2.05, 4.69) is 13.5 Å². The molecule has 0 N–H and O–H groups in total. The first-order chi connectivity index (χ1) is 7.20. The molecule has 2 heteroatoms. The molecular weight excluding hydrogens is 188 g/mol. The average molecular weight is 212 g/mol. The number of carbonyl (C=O) groups is 1. The second-order valence-electron chi connectivity index (χ2n) is 4.11. The van der Waals surface area contributed by atoms with Gasteiger partial charge < -0.3 is 4.74 Å². The number of hydrogen-bond donors (Lipinski definition) is 0. The fourth-order valence-corrected chi connectivity index (χ4v) is 1.38. The zero-order chi connectivity index (χ0) is 11.5. The summed E-state index contributed by atoms with van der Waals surface area (Å²) in [6, 6.07) is 0. The van der Waals surface area contributed by atoms with E-state index in [-0.39, 0.29) is 5.97 Å². The van der Waals surface area contributed by atoms with Crippen LogP contribution < -0.4 is 0 Å². The lowest BCUT2D eigenvalue weighted by Gasteiger charge is -2.11. The standard InChI is InChI=1S/C13H24O2/c1-4-6-7-8-10-12(3)11-15-13(14)9-5-2/h4,12H,1,5-11H2,2-3H3. The van der Waals surface area contributed by atoms with Crippen molar-refractivity contribution in [3.05, 3.63) is 12.7 Å². The third-order valence-corrected chi connectivity index (χ3v) is 2.34. The highest BCUT2D eigenvalue weighted by molar-refractivity contribution is 5.69. The van der Waals surface area contributed by atoms with E-state index < -0.39 is 0 Å². The van der Waals surface area contributed by atoms with Gasteiger partial charge in [-0.2, -0.15) is 0 Å². The zero-order valence-electron chi connectivity index (χ0n) is 10.1. The zero-order valence-corrected chi connectivity index (χ0v) is 10.1. The van der Waals surface area contributed by atoms with Crippen LogP contribution in [-0.2, 0) is 9.53 Å². The van der Waals surface area contributed by atoms with Crippen LogP contribution in [0, 0.1) is 5.92 Å². The molecule has 88 valence electrons. The number of carbonyl (C=O) groups excluding carboxylic acids is 1. The Morgan fingerprint density at radius 2 is 2.20 bits per heavy atom. The second-order valence-corrected chi connectivity index (χ2v) is 4.11. The van der Waals surface area contributed by atoms with Crippen molar-refractivity contribution in [1.82, 2.24) is 0 Å². The fraction of sp³-hybridized carbons (Fsp3) is 0.769. The summed E-state index contributed by atoms with van der Waals surface area (Å²) in [7, 11) is 0. The third kappa shape index (κ3) is 9.51. The first kappa shape index (κ1) is 14.2. The molecule has 0 bridgehead atoms. The maximum atomic E-state index is 11.1. The fourth-order valence-electron chi connectivity index (χ4n) is 1.38. The summed E-state index contributed by atoms with van der Waals surface area (Å²) in [6.45, 7) is 8.38. The van der Waals surface area contributed by atoms with E-state index in [4.69, 9.17) is 4.74 Å². The Morgan fingerprint density at radius 1 is 1.47 bits per heavy atom. The second kappa shape index (κ2) is 9.75. The minimum atomic E-state index is -0.0598. The Kier molecular flexibility index (Phi) is 9.24. The molecular formula is C13H24O2. The predicted octanol–water partition coefficient (Wildman–Crippen LogP) is 3.71. The molecule has 0 saturated carbocycles. The Hall–Kier alpha value is -0.790. The van der Waals surface area contributed by atoms with Crippen molar-refractivity contribution in [2.75, 3.05) is 6.61 Å². The topological polar surface area (TPSA) is 26.3 Å². The van der Waals surface area contributed by atoms with Gasteiger partial charge >= 0.3 is 5.97 Å². The van der Waals surface area contributed by atoms with Crippen LogP contribution in [0.3, 0.4) is 0 Å². The van der Waals surface area contributed by atoms with Gasteiger partial charge in [0.2, 0.25) is 0 Å². The van der Waals surface area contributed by atoms with Gasteiger partial charge in [-0.25, -0.2) is 0 Å². The summed E-state index contributed by atoms with van der Waals surface area (Å²) in [6.07, 6.45) is 7.96. The highest BCUT2D eigenvalue weighted by Gasteiger charge is 2.05. The normalized spacial score (nSPS) is 12.1. The van der Waals surface area contributed by atoms with Crippen molar-refractivity contribution in [2.24, 2.45) is 5.92 Å². The maximum Gasteiger partial charge on any atom is 0.305 e. The molecule has 0 aromatic heterocycles. The number of unbranched alkanes of at least 4 members (excludes halogenated alkanes) is 2. The van der Waals surface area contributed by atoms with Gasteiger partial charge in [-0.3, -0.25) is 4.79 Å². The minimum absolute atomic E-state index is 0.0598. The van der Waals surface area contributed by atoms with E-state index >= 15 is 0 Å². The number of allylic oxidation sites excluding steroid dienone is 1. The van der Waals surface area contributed by atoms with Gasteiger partial charge in [0.15, 0.2) is 0 Å². The lowest BCUT2D eigenvalue weighted by Crippen LogP contribution is -2.11. The monoisotopic (exact) mass is 212 g/mol. The molecule has 0 aromatic carbocycles. The van der Waals surface area contributed by atoms with Crippen molar-refractivity contribution in [2.45, 2.75) is 52.4 Å². The first-order valence-corrected chi connectivity index (χ1v) is 5.97. The first-order valence-electron chi connectivity index (χ1n) is 5.97. The van der Waals surface area contributed by atoms with Gasteiger partial charge in [0, 0.05) is 6.42 Å². The summed E-state index contributed by atoms with van der Waals surface area (Å²) in [5.41, 5.74) is 0. The van der Waals surface area contributed by atoms with Crippen molar-refractivity contribution in [3.8, 4) is 0 Å². The van der Waals surface area contributed by atoms with Crippen LogP contribution in [0.2, 0.25) is 0 Å². The lowest BCUT2D eigenvalue weighted by molar-refractivity contribution is -0.144. The van der Waals surface area contributed by atoms with Crippen molar-refractivity contribution >= 4 is 5.97 Å². The van der Waals surface area contributed by atoms with E-state index in [9.17, 15) is 4.79 Å². The number of esters is 1. The largest absolute Gasteiger partial charge is 0.465 e. The molecule has 0 fully saturated rings. The van der Waals surface area contributed by atoms with Crippen molar-refractivity contribution < 1.29 is 9.53 Å². The van der Waals surface area contributed by atoms with Crippen LogP contribution in [-0.4, -0.2) is 12.6 Å². The maximum absolute atomic E-state index is 11.1. The summed E-state index contributed by atoms with van der Waals surface area (Å²) < 4.78 is 5.14. The smallest absolute Gasteiger partial charge is 0.305 e. The number of ether oxygens (including phenoxy) is 1. The minimum Gasteiger partial charge on any atom is -0.465 e. The Labute approximate surface area is 93.7 Å². The molecule has 0 rings (SSSR count). The Balaban J connectivity index is 3.35. The van der Waals surface area contributed by atoms with Gasteiger partial charge in [0.1, 0.15) is 0 Å². The van der Waals surface area contributed by atoms with Crippen LogP contribution in [0.15, 0.2) is 12.7 Å². The molecule has 0 aromatic rings. The van der Waals surface area contributed by atoms with Crippen LogP contribution in [0.5, 0.6) is 0 Å². The summed E-state index contributed by atoms with van der Waals surface area (Å²) in [5.74, 6) is 0.422. The van der Waals surface area contributed by atoms with Gasteiger partial charge in [0.25, 0.3) is 0 Å². The molecule has 2 nitrogen and oxygen atoms in total. The van der Waals surface area contributed by atoms with Crippen LogP contribution in [0.1, 0.15) is 52.4 Å². The molecule has 0 heterocycles. The third-order valence-electron chi connectivity index (χ3n) is 2.34. The molecule has 0 spiro atoms. The summed E-state index contributed by atoms with van der Waals surface area (Å²) in [5, 5.41) is 0. The Bertz CT molecular complexity index is 175. The quantitative estimate of drug-likeness (QED) is 0.331. The van der Waals surface area contributed by atoms with E-state index in [0.29, 0.717) is 18.9 Å². The molecule has 1 unspecified atom stereocenters. The molecule has 0 aliphatic heterocycles. The summed E-state index contributed by atoms with van der Waals surface area (Å²) in [4.78, 5) is 11.1. The van der Waals surface area contributed by atoms with E-state index in [1.807, 2.05) is 13.0 Å². The highest BCUT2D eigenvalue weighted by atomic mass is 16.5. The summed E-state index contributed by atoms with van der Waals surface area (Å²) >= 11 is 0. The molecule has 15 heavy (non-hydrogen) atoms. The molecule has 0 aliphatic carbocycles. The van der Waals surface area contributed by atoms with Crippen LogP contribution in [0.4, 0.5) is 0 Å². The van der Waals surface area contributed by atoms with Gasteiger partial charge in [0.05, 0.1) is 6.61 Å². The van der Waals surface area contributed by atoms with Gasteiger partial charge in [-0.1, -0.05) is 26.3 Å². The predicted molar refractivity (Wildman–Crippen MR) is 63.7 cm³/mol. The Morgan fingerprint density at radius 3 is 2.80 bits per heavy atom. The molecule has 1 atom stereocenters.